The molecule has 0 spiro atoms. The number of aromatic nitrogens is 4. The van der Waals surface area contributed by atoms with Crippen LogP contribution in [-0.2, 0) is 0 Å². The molecule has 0 aliphatic carbocycles. The first kappa shape index (κ1) is 28.6. The van der Waals surface area contributed by atoms with Crippen molar-refractivity contribution in [1.82, 2.24) is 19.5 Å². The molecule has 5 heteroatoms. The predicted octanol–water partition coefficient (Wildman–Crippen LogP) is 12.0. The fourth-order valence-corrected chi connectivity index (χ4v) is 8.24. The molecule has 50 heavy (non-hydrogen) atoms. The summed E-state index contributed by atoms with van der Waals surface area (Å²) in [7, 11) is 0. The van der Waals surface area contributed by atoms with E-state index in [-0.39, 0.29) is 0 Å². The van der Waals surface area contributed by atoms with Gasteiger partial charge in [0.2, 0.25) is 0 Å². The van der Waals surface area contributed by atoms with Crippen LogP contribution in [0.4, 0.5) is 0 Å². The number of thiophene rings is 1. The maximum Gasteiger partial charge on any atom is 0.164 e. The van der Waals surface area contributed by atoms with Gasteiger partial charge in [0.25, 0.3) is 0 Å². The van der Waals surface area contributed by atoms with Gasteiger partial charge in [0, 0.05) is 53.3 Å². The Kier molecular flexibility index (Phi) is 6.64. The molecule has 0 aliphatic heterocycles. The summed E-state index contributed by atoms with van der Waals surface area (Å²) in [6, 6.07) is 59.8. The standard InChI is InChI=1S/C45H28N4S/c1-4-13-29(14-5-1)32-23-25-35-34-19-10-11-21-38(34)49(39(35)27-32)33-24-26-40-37(28-33)42-36(20-12-22-41(42)50-40)45-47-43(30-15-6-2-7-16-30)46-44(48-45)31-17-8-3-9-18-31/h1-28H. The minimum atomic E-state index is 0.659. The van der Waals surface area contributed by atoms with Crippen LogP contribution in [0.3, 0.4) is 0 Å². The number of hydrogen-bond donors (Lipinski definition) is 0. The molecule has 3 aromatic heterocycles. The Morgan fingerprint density at radius 3 is 1.72 bits per heavy atom. The van der Waals surface area contributed by atoms with E-state index in [1.54, 1.807) is 11.3 Å². The summed E-state index contributed by atoms with van der Waals surface area (Å²) in [5, 5.41) is 4.82. The molecule has 0 atom stereocenters. The summed E-state index contributed by atoms with van der Waals surface area (Å²) in [5.74, 6) is 1.98. The lowest BCUT2D eigenvalue weighted by Crippen LogP contribution is -2.00. The molecule has 0 aliphatic rings. The third kappa shape index (κ3) is 4.71. The summed E-state index contributed by atoms with van der Waals surface area (Å²) < 4.78 is 4.83. The van der Waals surface area contributed by atoms with Gasteiger partial charge in [0.05, 0.1) is 11.0 Å². The SMILES string of the molecule is c1ccc(-c2ccc3c4ccccc4n(-c4ccc5sc6cccc(-c7nc(-c8ccccc8)nc(-c8ccccc8)n7)c6c5c4)c3c2)cc1. The van der Waals surface area contributed by atoms with Gasteiger partial charge in [-0.05, 0) is 47.5 Å². The lowest BCUT2D eigenvalue weighted by molar-refractivity contribution is 1.08. The van der Waals surface area contributed by atoms with Gasteiger partial charge in [-0.3, -0.25) is 0 Å². The second-order valence-electron chi connectivity index (χ2n) is 12.5. The number of hydrogen-bond acceptors (Lipinski definition) is 4. The molecule has 10 aromatic rings. The molecule has 4 nitrogen and oxygen atoms in total. The minimum absolute atomic E-state index is 0.659. The van der Waals surface area contributed by atoms with Gasteiger partial charge in [0.1, 0.15) is 0 Å². The van der Waals surface area contributed by atoms with Crippen molar-refractivity contribution in [3.8, 4) is 51.0 Å². The minimum Gasteiger partial charge on any atom is -0.309 e. The highest BCUT2D eigenvalue weighted by molar-refractivity contribution is 7.26. The highest BCUT2D eigenvalue weighted by Gasteiger charge is 2.19. The molecule has 0 amide bonds. The maximum atomic E-state index is 5.11. The zero-order valence-corrected chi connectivity index (χ0v) is 27.7. The Balaban J connectivity index is 1.21. The zero-order valence-electron chi connectivity index (χ0n) is 26.9. The van der Waals surface area contributed by atoms with Crippen molar-refractivity contribution in [2.24, 2.45) is 0 Å². The van der Waals surface area contributed by atoms with Crippen LogP contribution >= 0.6 is 11.3 Å². The van der Waals surface area contributed by atoms with Gasteiger partial charge in [0.15, 0.2) is 17.5 Å². The summed E-state index contributed by atoms with van der Waals surface area (Å²) in [6.07, 6.45) is 0. The van der Waals surface area contributed by atoms with Gasteiger partial charge in [-0.15, -0.1) is 11.3 Å². The maximum absolute atomic E-state index is 5.11. The molecule has 3 heterocycles. The van der Waals surface area contributed by atoms with Crippen LogP contribution in [0.2, 0.25) is 0 Å². The van der Waals surface area contributed by atoms with E-state index in [9.17, 15) is 0 Å². The van der Waals surface area contributed by atoms with Crippen molar-refractivity contribution in [1.29, 1.82) is 0 Å². The highest BCUT2D eigenvalue weighted by atomic mass is 32.1. The molecule has 0 radical (unpaired) electrons. The van der Waals surface area contributed by atoms with Crippen LogP contribution in [0.25, 0.3) is 93.0 Å². The molecule has 0 saturated heterocycles. The zero-order chi connectivity index (χ0) is 33.0. The van der Waals surface area contributed by atoms with Gasteiger partial charge >= 0.3 is 0 Å². The van der Waals surface area contributed by atoms with Crippen molar-refractivity contribution < 1.29 is 0 Å². The van der Waals surface area contributed by atoms with E-state index < -0.39 is 0 Å². The molecule has 0 saturated carbocycles. The molecule has 7 aromatic carbocycles. The quantitative estimate of drug-likeness (QED) is 0.185. The van der Waals surface area contributed by atoms with Crippen molar-refractivity contribution >= 4 is 53.3 Å². The van der Waals surface area contributed by atoms with E-state index in [4.69, 9.17) is 15.0 Å². The molecule has 10 rings (SSSR count). The molecule has 234 valence electrons. The Hall–Kier alpha value is -6.43. The van der Waals surface area contributed by atoms with Crippen LogP contribution in [0, 0.1) is 0 Å². The fourth-order valence-electron chi connectivity index (χ4n) is 7.13. The van der Waals surface area contributed by atoms with Crippen molar-refractivity contribution in [3.05, 3.63) is 170 Å². The van der Waals surface area contributed by atoms with Crippen LogP contribution < -0.4 is 0 Å². The predicted molar refractivity (Wildman–Crippen MR) is 209 cm³/mol. The smallest absolute Gasteiger partial charge is 0.164 e. The van der Waals surface area contributed by atoms with E-state index in [1.807, 2.05) is 36.4 Å². The molecular formula is C45H28N4S. The number of rotatable bonds is 5. The second kappa shape index (κ2) is 11.6. The highest BCUT2D eigenvalue weighted by Crippen LogP contribution is 2.42. The first-order valence-electron chi connectivity index (χ1n) is 16.7. The van der Waals surface area contributed by atoms with Crippen LogP contribution in [0.15, 0.2) is 170 Å². The molecule has 0 N–H and O–H groups in total. The first-order valence-corrected chi connectivity index (χ1v) is 17.5. The van der Waals surface area contributed by atoms with E-state index in [2.05, 4.69) is 138 Å². The van der Waals surface area contributed by atoms with Crippen LogP contribution in [0.1, 0.15) is 0 Å². The Morgan fingerprint density at radius 1 is 0.380 bits per heavy atom. The van der Waals surface area contributed by atoms with E-state index in [0.717, 1.165) is 27.8 Å². The molecular weight excluding hydrogens is 629 g/mol. The van der Waals surface area contributed by atoms with Gasteiger partial charge in [-0.25, -0.2) is 15.0 Å². The number of para-hydroxylation sites is 1. The monoisotopic (exact) mass is 656 g/mol. The lowest BCUT2D eigenvalue weighted by atomic mass is 10.0. The normalized spacial score (nSPS) is 11.6. The molecule has 0 fully saturated rings. The Morgan fingerprint density at radius 2 is 1.00 bits per heavy atom. The number of nitrogens with zero attached hydrogens (tertiary/aromatic N) is 4. The van der Waals surface area contributed by atoms with Crippen LogP contribution in [-0.4, -0.2) is 19.5 Å². The number of fused-ring (bicyclic) bond motifs is 6. The summed E-state index contributed by atoms with van der Waals surface area (Å²) in [6.45, 7) is 0. The van der Waals surface area contributed by atoms with Gasteiger partial charge in [-0.1, -0.05) is 133 Å². The third-order valence-corrected chi connectivity index (χ3v) is 10.6. The summed E-state index contributed by atoms with van der Waals surface area (Å²) in [4.78, 5) is 15.2. The Labute approximate surface area is 292 Å². The first-order chi connectivity index (χ1) is 24.8. The third-order valence-electron chi connectivity index (χ3n) is 9.46. The van der Waals surface area contributed by atoms with E-state index in [1.165, 1.54) is 47.7 Å². The van der Waals surface area contributed by atoms with Gasteiger partial charge in [-0.2, -0.15) is 0 Å². The molecule has 0 bridgehead atoms. The summed E-state index contributed by atoms with van der Waals surface area (Å²) >= 11 is 1.80. The number of benzene rings is 7. The van der Waals surface area contributed by atoms with Crippen molar-refractivity contribution in [2.45, 2.75) is 0 Å². The largest absolute Gasteiger partial charge is 0.309 e. The van der Waals surface area contributed by atoms with Gasteiger partial charge < -0.3 is 4.57 Å². The second-order valence-corrected chi connectivity index (χ2v) is 13.5. The average molecular weight is 657 g/mol. The van der Waals surface area contributed by atoms with E-state index in [0.29, 0.717) is 17.5 Å². The van der Waals surface area contributed by atoms with Crippen molar-refractivity contribution in [2.75, 3.05) is 0 Å². The Bertz CT molecular complexity index is 2800. The van der Waals surface area contributed by atoms with Crippen molar-refractivity contribution in [3.63, 3.8) is 0 Å². The summed E-state index contributed by atoms with van der Waals surface area (Å²) in [5.41, 5.74) is 8.80. The average Bonchev–Trinajstić information content (AvgIpc) is 3.74. The molecule has 0 unspecified atom stereocenters. The van der Waals surface area contributed by atoms with E-state index >= 15 is 0 Å². The topological polar surface area (TPSA) is 43.6 Å². The lowest BCUT2D eigenvalue weighted by Gasteiger charge is -2.11. The fraction of sp³-hybridized carbons (Fsp3) is 0. The van der Waals surface area contributed by atoms with Crippen LogP contribution in [0.5, 0.6) is 0 Å².